The van der Waals surface area contributed by atoms with Gasteiger partial charge >= 0.3 is 18.4 Å². The number of ether oxygens (including phenoxy) is 3. The number of aromatic nitrogens is 2. The number of nitrogens with one attached hydrogen (secondary N) is 1. The van der Waals surface area contributed by atoms with E-state index >= 15 is 0 Å². The lowest BCUT2D eigenvalue weighted by Crippen LogP contribution is -2.54. The summed E-state index contributed by atoms with van der Waals surface area (Å²) in [5.41, 5.74) is 0.492. The number of nitrogens with zero attached hydrogens (tertiary/aromatic N) is 5. The van der Waals surface area contributed by atoms with Crippen molar-refractivity contribution >= 4 is 22.3 Å². The lowest BCUT2D eigenvalue weighted by Gasteiger charge is -2.34. The van der Waals surface area contributed by atoms with Gasteiger partial charge in [-0.1, -0.05) is 29.8 Å². The van der Waals surface area contributed by atoms with Crippen LogP contribution in [-0.2, 0) is 35.2 Å². The minimum atomic E-state index is -4.72. The zero-order chi connectivity index (χ0) is 33.6. The second-order valence-corrected chi connectivity index (χ2v) is 11.5. The number of alkyl halides is 3. The van der Waals surface area contributed by atoms with Crippen molar-refractivity contribution in [2.45, 2.75) is 50.6 Å². The van der Waals surface area contributed by atoms with Crippen molar-refractivity contribution in [1.82, 2.24) is 19.5 Å². The molecule has 1 unspecified atom stereocenters. The third-order valence-electron chi connectivity index (χ3n) is 6.49. The summed E-state index contributed by atoms with van der Waals surface area (Å²) in [7, 11) is -4.45. The fraction of sp³-hybridized carbons (Fsp3) is 0.370. The Kier molecular flexibility index (Phi) is 10.2. The molecule has 1 aromatic heterocycles. The van der Waals surface area contributed by atoms with Gasteiger partial charge in [0.1, 0.15) is 12.6 Å². The Labute approximate surface area is 260 Å². The van der Waals surface area contributed by atoms with Crippen LogP contribution in [0.5, 0.6) is 0 Å². The van der Waals surface area contributed by atoms with Gasteiger partial charge < -0.3 is 19.4 Å². The standard InChI is InChI=1S/C27H29F3N6O9S/c1-4-42-26(38)44-18(3)45-33-36(39)34-14-13-21(34)16-43-25(37)32-46(40,41)22-11-9-20(10-12-22)35-23(15-24(31-35)27(28,29)30)19-7-5-17(2)6-8-19/h5-12,15,18,21H,4,13-14,16H2,1-3H3,(H,32,37)/b36-33+/t18?,21-/m0/s1. The fourth-order valence-corrected chi connectivity index (χ4v) is 4.96. The maximum Gasteiger partial charge on any atom is 0.511 e. The molecule has 0 spiro atoms. The van der Waals surface area contributed by atoms with Crippen LogP contribution in [0.3, 0.4) is 0 Å². The molecular weight excluding hydrogens is 641 g/mol. The molecule has 15 nitrogen and oxygen atoms in total. The number of hydrazine groups is 1. The van der Waals surface area contributed by atoms with Crippen LogP contribution < -0.4 is 4.72 Å². The number of hydrogen-bond acceptors (Lipinski definition) is 11. The Balaban J connectivity index is 1.37. The fourth-order valence-electron chi connectivity index (χ4n) is 4.07. The van der Waals surface area contributed by atoms with Gasteiger partial charge in [0.15, 0.2) is 5.69 Å². The van der Waals surface area contributed by atoms with Gasteiger partial charge in [-0.25, -0.2) is 27.4 Å². The molecule has 4 rings (SSSR count). The Morgan fingerprint density at radius 1 is 1.15 bits per heavy atom. The second kappa shape index (κ2) is 13.9. The highest BCUT2D eigenvalue weighted by Gasteiger charge is 2.37. The highest BCUT2D eigenvalue weighted by Crippen LogP contribution is 2.33. The second-order valence-electron chi connectivity index (χ2n) is 9.80. The van der Waals surface area contributed by atoms with E-state index in [0.717, 1.165) is 33.5 Å². The van der Waals surface area contributed by atoms with Crippen LogP contribution in [0.25, 0.3) is 16.9 Å². The van der Waals surface area contributed by atoms with E-state index in [4.69, 9.17) is 9.57 Å². The zero-order valence-corrected chi connectivity index (χ0v) is 25.4. The first-order valence-electron chi connectivity index (χ1n) is 13.7. The maximum atomic E-state index is 13.5. The molecule has 3 aromatic rings. The third kappa shape index (κ3) is 8.34. The molecule has 1 amide bonds. The van der Waals surface area contributed by atoms with Crippen LogP contribution in [0.1, 0.15) is 31.5 Å². The number of halogens is 3. The molecule has 1 aliphatic rings. The van der Waals surface area contributed by atoms with Crippen LogP contribution in [0, 0.1) is 12.1 Å². The molecular formula is C27H29F3N6O9S. The summed E-state index contributed by atoms with van der Waals surface area (Å²) in [6.07, 6.45) is -7.90. The molecule has 0 aliphatic carbocycles. The quantitative estimate of drug-likeness (QED) is 0.0985. The lowest BCUT2D eigenvalue weighted by molar-refractivity contribution is -0.734. The summed E-state index contributed by atoms with van der Waals surface area (Å²) >= 11 is 0. The van der Waals surface area contributed by atoms with Gasteiger partial charge in [-0.15, -0.1) is 5.01 Å². The molecule has 46 heavy (non-hydrogen) atoms. The molecule has 19 heteroatoms. The third-order valence-corrected chi connectivity index (χ3v) is 7.81. The van der Waals surface area contributed by atoms with Gasteiger partial charge in [0, 0.05) is 12.5 Å². The Hall–Kier alpha value is -5.07. The average Bonchev–Trinajstić information content (AvgIpc) is 3.42. The number of sulfonamides is 1. The molecule has 248 valence electrons. The van der Waals surface area contributed by atoms with E-state index in [1.54, 1.807) is 35.9 Å². The predicted molar refractivity (Wildman–Crippen MR) is 150 cm³/mol. The van der Waals surface area contributed by atoms with Gasteiger partial charge in [-0.2, -0.15) is 18.3 Å². The van der Waals surface area contributed by atoms with Gasteiger partial charge in [0.05, 0.1) is 34.4 Å². The van der Waals surface area contributed by atoms with Crippen molar-refractivity contribution in [2.75, 3.05) is 19.8 Å². The minimum Gasteiger partial charge on any atom is -0.569 e. The van der Waals surface area contributed by atoms with Gasteiger partial charge in [0.25, 0.3) is 16.3 Å². The monoisotopic (exact) mass is 670 g/mol. The summed E-state index contributed by atoms with van der Waals surface area (Å²) in [6.45, 7) is 4.61. The Morgan fingerprint density at radius 2 is 1.83 bits per heavy atom. The highest BCUT2D eigenvalue weighted by atomic mass is 32.2. The summed E-state index contributed by atoms with van der Waals surface area (Å²) in [4.78, 5) is 28.0. The van der Waals surface area contributed by atoms with E-state index in [9.17, 15) is 36.4 Å². The van der Waals surface area contributed by atoms with Crippen molar-refractivity contribution < 1.29 is 55.2 Å². The normalized spacial score (nSPS) is 15.8. The van der Waals surface area contributed by atoms with Crippen LogP contribution in [0.2, 0.25) is 0 Å². The lowest BCUT2D eigenvalue weighted by atomic mass is 10.1. The summed E-state index contributed by atoms with van der Waals surface area (Å²) in [6, 6.07) is 11.6. The number of carbonyl (C=O) groups excluding carboxylic acids is 2. The largest absolute Gasteiger partial charge is 0.569 e. The summed E-state index contributed by atoms with van der Waals surface area (Å²) < 4.78 is 83.0. The number of carbonyl (C=O) groups is 2. The molecule has 0 saturated carbocycles. The van der Waals surface area contributed by atoms with Crippen molar-refractivity contribution in [3.05, 3.63) is 71.1 Å². The molecule has 2 aromatic carbocycles. The zero-order valence-electron chi connectivity index (χ0n) is 24.6. The number of aryl methyl sites for hydroxylation is 1. The molecule has 1 aliphatic heterocycles. The van der Waals surface area contributed by atoms with Gasteiger partial charge in [-0.05, 0) is 50.6 Å². The predicted octanol–water partition coefficient (Wildman–Crippen LogP) is 4.68. The Bertz CT molecular complexity index is 1680. The molecule has 2 atom stereocenters. The van der Waals surface area contributed by atoms with E-state index in [2.05, 4.69) is 19.8 Å². The first-order valence-corrected chi connectivity index (χ1v) is 15.1. The van der Waals surface area contributed by atoms with Crippen molar-refractivity contribution in [3.8, 4) is 16.9 Å². The Morgan fingerprint density at radius 3 is 2.41 bits per heavy atom. The first kappa shape index (κ1) is 33.8. The van der Waals surface area contributed by atoms with E-state index in [1.165, 1.54) is 19.1 Å². The smallest absolute Gasteiger partial charge is 0.511 e. The molecule has 0 bridgehead atoms. The molecule has 2 heterocycles. The van der Waals surface area contributed by atoms with Crippen LogP contribution in [-0.4, -0.2) is 72.5 Å². The van der Waals surface area contributed by atoms with Crippen molar-refractivity contribution in [3.63, 3.8) is 0 Å². The molecule has 0 radical (unpaired) electrons. The van der Waals surface area contributed by atoms with E-state index in [0.29, 0.717) is 12.0 Å². The van der Waals surface area contributed by atoms with Crippen molar-refractivity contribution in [2.24, 2.45) is 5.28 Å². The number of rotatable bonds is 11. The first-order chi connectivity index (χ1) is 21.7. The summed E-state index contributed by atoms with van der Waals surface area (Å²) in [5, 5.41) is 20.2. The number of benzene rings is 2. The van der Waals surface area contributed by atoms with Crippen LogP contribution >= 0.6 is 0 Å². The molecule has 1 fully saturated rings. The minimum absolute atomic E-state index is 0.0697. The number of amides is 1. The average molecular weight is 671 g/mol. The van der Waals surface area contributed by atoms with Gasteiger partial charge in [0.2, 0.25) is 5.28 Å². The van der Waals surface area contributed by atoms with E-state index in [1.807, 2.05) is 6.92 Å². The highest BCUT2D eigenvalue weighted by molar-refractivity contribution is 7.90. The van der Waals surface area contributed by atoms with Crippen molar-refractivity contribution in [1.29, 1.82) is 0 Å². The van der Waals surface area contributed by atoms with Crippen LogP contribution in [0.15, 0.2) is 64.8 Å². The molecule has 1 N–H and O–H groups in total. The molecule has 1 saturated heterocycles. The topological polar surface area (TPSA) is 177 Å². The SMILES string of the molecule is CCOC(=O)OC(C)O/N=[N+](/[O-])N1CC[C@H]1COC(=O)NS(=O)(=O)c1ccc(-n2nc(C(F)(F)F)cc2-c2ccc(C)cc2)cc1. The van der Waals surface area contributed by atoms with E-state index in [-0.39, 0.29) is 41.0 Å². The maximum absolute atomic E-state index is 13.5. The van der Waals surface area contributed by atoms with E-state index < -0.39 is 46.5 Å². The van der Waals surface area contributed by atoms with Crippen LogP contribution in [0.4, 0.5) is 22.8 Å². The van der Waals surface area contributed by atoms with Gasteiger partial charge in [-0.3, -0.25) is 4.84 Å². The summed E-state index contributed by atoms with van der Waals surface area (Å²) in [5.74, 6) is 0. The number of hydrogen-bond donors (Lipinski definition) is 1.